The number of hydrogen-bond donors (Lipinski definition) is 2. The van der Waals surface area contributed by atoms with Gasteiger partial charge in [-0.2, -0.15) is 8.42 Å². The summed E-state index contributed by atoms with van der Waals surface area (Å²) in [6.07, 6.45) is 0. The van der Waals surface area contributed by atoms with Gasteiger partial charge >= 0.3 is 10.4 Å². The van der Waals surface area contributed by atoms with Crippen molar-refractivity contribution in [3.05, 3.63) is 0 Å². The fourth-order valence-electron chi connectivity index (χ4n) is 1.05. The second kappa shape index (κ2) is 7.41. The standard InChI is InChI=1S/C6H6Cl6.H2O4S/c7-1-2(8)4(10)6(12)5(11)3(1)9;1-5(2,3)4/h1-6H;(H2,1,2,3,4)/t1-,2-,3-,4+,5+,6+;. The van der Waals surface area contributed by atoms with E-state index in [4.69, 9.17) is 87.1 Å². The molecule has 1 aliphatic rings. The Morgan fingerprint density at radius 1 is 0.588 bits per heavy atom. The Labute approximate surface area is 129 Å². The molecule has 1 rings (SSSR count). The highest BCUT2D eigenvalue weighted by Crippen LogP contribution is 2.39. The minimum absolute atomic E-state index is 0.437. The Bertz CT molecular complexity index is 271. The van der Waals surface area contributed by atoms with Crippen molar-refractivity contribution in [2.45, 2.75) is 32.3 Å². The molecule has 0 aromatic carbocycles. The van der Waals surface area contributed by atoms with E-state index in [1.54, 1.807) is 0 Å². The quantitative estimate of drug-likeness (QED) is 0.494. The molecule has 0 aromatic heterocycles. The summed E-state index contributed by atoms with van der Waals surface area (Å²) in [7, 11) is -4.67. The maximum atomic E-state index is 8.74. The normalized spacial score (nSPS) is 42.6. The van der Waals surface area contributed by atoms with Crippen LogP contribution in [0.1, 0.15) is 0 Å². The van der Waals surface area contributed by atoms with Crippen LogP contribution in [0.3, 0.4) is 0 Å². The Hall–Kier alpha value is 1.61. The largest absolute Gasteiger partial charge is 0.394 e. The summed E-state index contributed by atoms with van der Waals surface area (Å²) >= 11 is 35.3. The first-order valence-corrected chi connectivity index (χ1v) is 8.02. The van der Waals surface area contributed by atoms with Gasteiger partial charge in [0.15, 0.2) is 0 Å². The molecule has 4 nitrogen and oxygen atoms in total. The van der Waals surface area contributed by atoms with E-state index in [1.807, 2.05) is 0 Å². The van der Waals surface area contributed by atoms with Gasteiger partial charge in [0.2, 0.25) is 0 Å². The van der Waals surface area contributed by atoms with E-state index >= 15 is 0 Å². The Morgan fingerprint density at radius 2 is 0.647 bits per heavy atom. The molecule has 1 fully saturated rings. The van der Waals surface area contributed by atoms with Crippen LogP contribution in [0, 0.1) is 0 Å². The third-order valence-corrected chi connectivity index (χ3v) is 5.86. The molecule has 0 aliphatic heterocycles. The molecule has 0 amide bonds. The van der Waals surface area contributed by atoms with Gasteiger partial charge in [-0.15, -0.1) is 69.6 Å². The van der Waals surface area contributed by atoms with E-state index < -0.39 is 42.7 Å². The average molecular weight is 389 g/mol. The SMILES string of the molecule is Cl[C@H]1[C@H](Cl)[C@@H](Cl)[C@@H](Cl)[C@H](Cl)[C@H]1Cl.O=S(=O)(O)O. The van der Waals surface area contributed by atoms with E-state index in [0.717, 1.165) is 0 Å². The number of alkyl halides is 6. The van der Waals surface area contributed by atoms with Gasteiger partial charge in [-0.1, -0.05) is 0 Å². The van der Waals surface area contributed by atoms with Crippen LogP contribution in [0.15, 0.2) is 0 Å². The minimum Gasteiger partial charge on any atom is -0.264 e. The molecule has 1 aliphatic carbocycles. The van der Waals surface area contributed by atoms with E-state index in [0.29, 0.717) is 0 Å². The number of rotatable bonds is 0. The van der Waals surface area contributed by atoms with E-state index in [-0.39, 0.29) is 0 Å². The predicted octanol–water partition coefficient (Wildman–Crippen LogP) is 2.99. The molecule has 0 heterocycles. The van der Waals surface area contributed by atoms with Gasteiger partial charge in [0.25, 0.3) is 0 Å². The molecule has 0 unspecified atom stereocenters. The topological polar surface area (TPSA) is 74.6 Å². The molecule has 0 bridgehead atoms. The fourth-order valence-corrected chi connectivity index (χ4v) is 3.38. The molecule has 0 radical (unpaired) electrons. The van der Waals surface area contributed by atoms with Crippen molar-refractivity contribution in [3.8, 4) is 0 Å². The van der Waals surface area contributed by atoms with Gasteiger partial charge in [0.1, 0.15) is 0 Å². The van der Waals surface area contributed by atoms with Gasteiger partial charge in [-0.05, 0) is 0 Å². The van der Waals surface area contributed by atoms with Crippen LogP contribution in [0.4, 0.5) is 0 Å². The summed E-state index contributed by atoms with van der Waals surface area (Å²) < 4.78 is 31.6. The van der Waals surface area contributed by atoms with Crippen molar-refractivity contribution in [2.75, 3.05) is 0 Å². The van der Waals surface area contributed by atoms with Crippen LogP contribution in [0.25, 0.3) is 0 Å². The van der Waals surface area contributed by atoms with Crippen LogP contribution in [0.2, 0.25) is 0 Å². The van der Waals surface area contributed by atoms with Crippen LogP contribution in [0.5, 0.6) is 0 Å². The molecular formula is C6H8Cl6O4S. The molecule has 0 atom stereocenters. The monoisotopic (exact) mass is 386 g/mol. The summed E-state index contributed by atoms with van der Waals surface area (Å²) in [4.78, 5) is 0. The first kappa shape index (κ1) is 18.6. The highest BCUT2D eigenvalue weighted by molar-refractivity contribution is 7.79. The first-order valence-electron chi connectivity index (χ1n) is 4.01. The molecular weight excluding hydrogens is 381 g/mol. The molecule has 11 heteroatoms. The van der Waals surface area contributed by atoms with Crippen LogP contribution in [-0.4, -0.2) is 49.8 Å². The molecule has 17 heavy (non-hydrogen) atoms. The lowest BCUT2D eigenvalue weighted by Crippen LogP contribution is -2.52. The van der Waals surface area contributed by atoms with Crippen molar-refractivity contribution in [3.63, 3.8) is 0 Å². The maximum Gasteiger partial charge on any atom is 0.394 e. The average Bonchev–Trinajstić information content (AvgIpc) is 2.18. The van der Waals surface area contributed by atoms with Crippen molar-refractivity contribution >= 4 is 80.0 Å². The molecule has 0 saturated heterocycles. The van der Waals surface area contributed by atoms with Gasteiger partial charge in [0, 0.05) is 0 Å². The van der Waals surface area contributed by atoms with Crippen molar-refractivity contribution < 1.29 is 17.5 Å². The highest BCUT2D eigenvalue weighted by Gasteiger charge is 2.46. The van der Waals surface area contributed by atoms with Crippen LogP contribution < -0.4 is 0 Å². The van der Waals surface area contributed by atoms with E-state index in [2.05, 4.69) is 0 Å². The van der Waals surface area contributed by atoms with Crippen molar-refractivity contribution in [1.82, 2.24) is 0 Å². The smallest absolute Gasteiger partial charge is 0.264 e. The third-order valence-electron chi connectivity index (χ3n) is 1.83. The highest BCUT2D eigenvalue weighted by atomic mass is 35.5. The summed E-state index contributed by atoms with van der Waals surface area (Å²) in [5, 5.41) is -2.62. The second-order valence-electron chi connectivity index (χ2n) is 3.11. The van der Waals surface area contributed by atoms with Crippen LogP contribution in [-0.2, 0) is 10.4 Å². The molecule has 0 aromatic rings. The van der Waals surface area contributed by atoms with Gasteiger partial charge in [0.05, 0.1) is 32.3 Å². The lowest BCUT2D eigenvalue weighted by atomic mass is 9.97. The summed E-state index contributed by atoms with van der Waals surface area (Å²) in [6.45, 7) is 0. The molecule has 2 N–H and O–H groups in total. The van der Waals surface area contributed by atoms with E-state index in [9.17, 15) is 0 Å². The zero-order valence-electron chi connectivity index (χ0n) is 7.85. The lowest BCUT2D eigenvalue weighted by Gasteiger charge is -2.37. The van der Waals surface area contributed by atoms with Crippen molar-refractivity contribution in [2.24, 2.45) is 0 Å². The summed E-state index contributed by atoms with van der Waals surface area (Å²) in [5.41, 5.74) is 0. The third kappa shape index (κ3) is 6.54. The predicted molar refractivity (Wildman–Crippen MR) is 72.0 cm³/mol. The molecule has 104 valence electrons. The van der Waals surface area contributed by atoms with Gasteiger partial charge < -0.3 is 0 Å². The maximum absolute atomic E-state index is 8.74. The molecule has 1 saturated carbocycles. The van der Waals surface area contributed by atoms with Crippen LogP contribution >= 0.6 is 69.6 Å². The van der Waals surface area contributed by atoms with Crippen molar-refractivity contribution in [1.29, 1.82) is 0 Å². The van der Waals surface area contributed by atoms with E-state index in [1.165, 1.54) is 0 Å². The van der Waals surface area contributed by atoms with Gasteiger partial charge in [-0.25, -0.2) is 0 Å². The lowest BCUT2D eigenvalue weighted by molar-refractivity contribution is 0.381. The first-order chi connectivity index (χ1) is 7.46. The molecule has 0 spiro atoms. The summed E-state index contributed by atoms with van der Waals surface area (Å²) in [6, 6.07) is 0. The zero-order valence-corrected chi connectivity index (χ0v) is 13.2. The Balaban J connectivity index is 0.000000437. The number of hydrogen-bond acceptors (Lipinski definition) is 2. The van der Waals surface area contributed by atoms with Gasteiger partial charge in [-0.3, -0.25) is 9.11 Å². The fraction of sp³-hybridized carbons (Fsp3) is 1.00. The zero-order chi connectivity index (χ0) is 14.0. The second-order valence-corrected chi connectivity index (χ2v) is 7.03. The summed E-state index contributed by atoms with van der Waals surface area (Å²) in [5.74, 6) is 0. The number of halogens is 6. The Kier molecular flexibility index (Phi) is 8.11. The Morgan fingerprint density at radius 3 is 0.706 bits per heavy atom. The minimum atomic E-state index is -4.67.